The molecule has 0 spiro atoms. The molecule has 1 aliphatic carbocycles. The summed E-state index contributed by atoms with van der Waals surface area (Å²) in [5.74, 6) is 0.638. The van der Waals surface area contributed by atoms with Crippen LogP contribution >= 0.6 is 11.8 Å². The largest absolute Gasteiger partial charge is 0.352 e. The monoisotopic (exact) mass is 335 g/mol. The van der Waals surface area contributed by atoms with Gasteiger partial charge in [-0.05, 0) is 48.8 Å². The van der Waals surface area contributed by atoms with Gasteiger partial charge >= 0.3 is 6.03 Å². The first kappa shape index (κ1) is 17.7. The van der Waals surface area contributed by atoms with Crippen LogP contribution in [0.3, 0.4) is 0 Å². The molecule has 0 aromatic heterocycles. The fraction of sp³-hybridized carbons (Fsp3) is 0.529. The van der Waals surface area contributed by atoms with Gasteiger partial charge in [-0.1, -0.05) is 30.7 Å². The maximum absolute atomic E-state index is 12.6. The van der Waals surface area contributed by atoms with E-state index >= 15 is 0 Å². The van der Waals surface area contributed by atoms with Crippen LogP contribution in [0.1, 0.15) is 42.9 Å². The Bertz CT molecular complexity index is 550. The van der Waals surface area contributed by atoms with E-state index in [0.29, 0.717) is 6.42 Å². The van der Waals surface area contributed by atoms with Gasteiger partial charge in [0.25, 0.3) is 0 Å². The van der Waals surface area contributed by atoms with Crippen molar-refractivity contribution in [3.63, 3.8) is 0 Å². The third-order valence-electron chi connectivity index (χ3n) is 4.18. The van der Waals surface area contributed by atoms with Crippen LogP contribution in [0.5, 0.6) is 0 Å². The second kappa shape index (κ2) is 8.82. The molecule has 3 amide bonds. The molecule has 0 aliphatic heterocycles. The van der Waals surface area contributed by atoms with Crippen LogP contribution in [0.2, 0.25) is 0 Å². The average Bonchev–Trinajstić information content (AvgIpc) is 2.73. The van der Waals surface area contributed by atoms with Gasteiger partial charge in [-0.3, -0.25) is 4.79 Å². The zero-order chi connectivity index (χ0) is 16.7. The van der Waals surface area contributed by atoms with Crippen molar-refractivity contribution in [2.24, 2.45) is 5.73 Å². The SMILES string of the molecule is CSCCC(NC(N)=O)C(=O)NC1CCCCc2ccccc21. The predicted octanol–water partition coefficient (Wildman–Crippen LogP) is 2.36. The maximum atomic E-state index is 12.6. The molecule has 2 atom stereocenters. The minimum absolute atomic E-state index is 0.00709. The quantitative estimate of drug-likeness (QED) is 0.698. The zero-order valence-corrected chi connectivity index (χ0v) is 14.3. The molecule has 2 rings (SSSR count). The van der Waals surface area contributed by atoms with Gasteiger partial charge in [0.1, 0.15) is 6.04 Å². The number of thioether (sulfide) groups is 1. The summed E-state index contributed by atoms with van der Waals surface area (Å²) in [7, 11) is 0. The van der Waals surface area contributed by atoms with Gasteiger partial charge in [-0.2, -0.15) is 11.8 Å². The molecule has 23 heavy (non-hydrogen) atoms. The molecular formula is C17H25N3O2S. The third-order valence-corrected chi connectivity index (χ3v) is 4.82. The second-order valence-corrected chi connectivity index (χ2v) is 6.83. The minimum Gasteiger partial charge on any atom is -0.352 e. The summed E-state index contributed by atoms with van der Waals surface area (Å²) in [5.41, 5.74) is 7.70. The first-order valence-corrected chi connectivity index (χ1v) is 9.44. The molecule has 126 valence electrons. The molecule has 0 saturated heterocycles. The van der Waals surface area contributed by atoms with Gasteiger partial charge in [0, 0.05) is 0 Å². The summed E-state index contributed by atoms with van der Waals surface area (Å²) in [4.78, 5) is 23.7. The van der Waals surface area contributed by atoms with Crippen LogP contribution in [0.4, 0.5) is 4.79 Å². The Morgan fingerprint density at radius 2 is 2.13 bits per heavy atom. The first-order valence-electron chi connectivity index (χ1n) is 8.05. The lowest BCUT2D eigenvalue weighted by Crippen LogP contribution is -2.49. The number of carbonyl (C=O) groups is 2. The summed E-state index contributed by atoms with van der Waals surface area (Å²) >= 11 is 1.64. The number of hydrogen-bond acceptors (Lipinski definition) is 3. The Morgan fingerprint density at radius 1 is 1.35 bits per heavy atom. The third kappa shape index (κ3) is 5.16. The predicted molar refractivity (Wildman–Crippen MR) is 94.4 cm³/mol. The van der Waals surface area contributed by atoms with E-state index in [0.717, 1.165) is 31.4 Å². The average molecular weight is 335 g/mol. The molecule has 0 radical (unpaired) electrons. The Morgan fingerprint density at radius 3 is 2.87 bits per heavy atom. The highest BCUT2D eigenvalue weighted by atomic mass is 32.2. The van der Waals surface area contributed by atoms with Crippen LogP contribution in [0.15, 0.2) is 24.3 Å². The van der Waals surface area contributed by atoms with Gasteiger partial charge in [-0.25, -0.2) is 4.79 Å². The number of rotatable bonds is 6. The molecule has 1 aromatic rings. The molecule has 0 heterocycles. The fourth-order valence-corrected chi connectivity index (χ4v) is 3.49. The van der Waals surface area contributed by atoms with Gasteiger partial charge < -0.3 is 16.4 Å². The Labute approximate surface area is 141 Å². The molecule has 4 N–H and O–H groups in total. The summed E-state index contributed by atoms with van der Waals surface area (Å²) in [5, 5.41) is 5.67. The van der Waals surface area contributed by atoms with Crippen molar-refractivity contribution in [3.05, 3.63) is 35.4 Å². The number of amides is 3. The lowest BCUT2D eigenvalue weighted by atomic mass is 9.98. The van der Waals surface area contributed by atoms with Gasteiger partial charge in [-0.15, -0.1) is 0 Å². The van der Waals surface area contributed by atoms with Crippen molar-refractivity contribution in [1.29, 1.82) is 0 Å². The van der Waals surface area contributed by atoms with Gasteiger partial charge in [0.2, 0.25) is 5.91 Å². The van der Waals surface area contributed by atoms with Crippen LogP contribution in [-0.2, 0) is 11.2 Å². The molecule has 1 aromatic carbocycles. The molecule has 6 heteroatoms. The normalized spacial score (nSPS) is 18.4. The lowest BCUT2D eigenvalue weighted by molar-refractivity contribution is -0.123. The van der Waals surface area contributed by atoms with E-state index in [1.54, 1.807) is 11.8 Å². The van der Waals surface area contributed by atoms with Gasteiger partial charge in [0.15, 0.2) is 0 Å². The van der Waals surface area contributed by atoms with Gasteiger partial charge in [0.05, 0.1) is 6.04 Å². The smallest absolute Gasteiger partial charge is 0.312 e. The fourth-order valence-electron chi connectivity index (χ4n) is 3.02. The number of nitrogens with one attached hydrogen (secondary N) is 2. The molecule has 0 bridgehead atoms. The van der Waals surface area contributed by atoms with E-state index in [1.165, 1.54) is 11.1 Å². The van der Waals surface area contributed by atoms with E-state index in [-0.39, 0.29) is 11.9 Å². The number of carbonyl (C=O) groups excluding carboxylic acids is 2. The second-order valence-electron chi connectivity index (χ2n) is 5.85. The topological polar surface area (TPSA) is 84.2 Å². The van der Waals surface area contributed by atoms with Crippen LogP contribution in [0.25, 0.3) is 0 Å². The number of benzene rings is 1. The molecule has 2 unspecified atom stereocenters. The molecule has 1 aliphatic rings. The Hall–Kier alpha value is -1.69. The van der Waals surface area contributed by atoms with Crippen molar-refractivity contribution in [3.8, 4) is 0 Å². The summed E-state index contributed by atoms with van der Waals surface area (Å²) in [6.07, 6.45) is 6.74. The number of nitrogens with two attached hydrogens (primary N) is 1. The highest BCUT2D eigenvalue weighted by Gasteiger charge is 2.25. The van der Waals surface area contributed by atoms with Crippen molar-refractivity contribution in [1.82, 2.24) is 10.6 Å². The lowest BCUT2D eigenvalue weighted by Gasteiger charge is -2.23. The van der Waals surface area contributed by atoms with Crippen LogP contribution in [0, 0.1) is 0 Å². The van der Waals surface area contributed by atoms with Crippen molar-refractivity contribution in [2.45, 2.75) is 44.2 Å². The molecule has 0 saturated carbocycles. The minimum atomic E-state index is -0.660. The highest BCUT2D eigenvalue weighted by molar-refractivity contribution is 7.98. The number of aryl methyl sites for hydroxylation is 1. The first-order chi connectivity index (χ1) is 11.1. The van der Waals surface area contributed by atoms with Crippen LogP contribution in [-0.4, -0.2) is 30.0 Å². The van der Waals surface area contributed by atoms with Crippen molar-refractivity contribution < 1.29 is 9.59 Å². The molecular weight excluding hydrogens is 310 g/mol. The van der Waals surface area contributed by atoms with Crippen molar-refractivity contribution in [2.75, 3.05) is 12.0 Å². The number of hydrogen-bond donors (Lipinski definition) is 3. The number of primary amides is 1. The number of urea groups is 1. The number of fused-ring (bicyclic) bond motifs is 1. The zero-order valence-electron chi connectivity index (χ0n) is 13.5. The van der Waals surface area contributed by atoms with E-state index in [2.05, 4.69) is 22.8 Å². The highest BCUT2D eigenvalue weighted by Crippen LogP contribution is 2.28. The summed E-state index contributed by atoms with van der Waals surface area (Å²) in [6, 6.07) is 7.04. The van der Waals surface area contributed by atoms with E-state index < -0.39 is 12.1 Å². The molecule has 0 fully saturated rings. The Kier molecular flexibility index (Phi) is 6.77. The van der Waals surface area contributed by atoms with Crippen molar-refractivity contribution >= 4 is 23.7 Å². The Balaban J connectivity index is 2.09. The summed E-state index contributed by atoms with van der Waals surface area (Å²) < 4.78 is 0. The molecule has 5 nitrogen and oxygen atoms in total. The van der Waals surface area contributed by atoms with E-state index in [4.69, 9.17) is 5.73 Å². The standard InChI is InChI=1S/C17H25N3O2S/c1-23-11-10-15(20-17(18)22)16(21)19-14-9-5-3-7-12-6-2-4-8-13(12)14/h2,4,6,8,14-15H,3,5,7,9-11H2,1H3,(H,19,21)(H3,18,20,22). The van der Waals surface area contributed by atoms with Crippen LogP contribution < -0.4 is 16.4 Å². The van der Waals surface area contributed by atoms with E-state index in [9.17, 15) is 9.59 Å². The van der Waals surface area contributed by atoms with E-state index in [1.807, 2.05) is 18.4 Å². The summed E-state index contributed by atoms with van der Waals surface area (Å²) in [6.45, 7) is 0. The maximum Gasteiger partial charge on any atom is 0.312 e.